The minimum Gasteiger partial charge on any atom is -0.492 e. The number of benzene rings is 2. The van der Waals surface area contributed by atoms with Crippen LogP contribution in [0, 0.1) is 11.2 Å². The number of halogens is 1. The molecule has 2 amide bonds. The Morgan fingerprint density at radius 1 is 0.971 bits per heavy atom. The molecule has 0 unspecified atom stereocenters. The highest BCUT2D eigenvalue weighted by Gasteiger charge is 2.37. The first kappa shape index (κ1) is 24.2. The maximum Gasteiger partial charge on any atom is 0.257 e. The molecule has 4 rings (SSSR count). The van der Waals surface area contributed by atoms with Gasteiger partial charge in [0.15, 0.2) is 0 Å². The predicted molar refractivity (Wildman–Crippen MR) is 128 cm³/mol. The largest absolute Gasteiger partial charge is 0.492 e. The number of para-hydroxylation sites is 1. The fraction of sp³-hybridized carbons (Fsp3) is 0.481. The van der Waals surface area contributed by atoms with Gasteiger partial charge in [-0.1, -0.05) is 24.6 Å². The van der Waals surface area contributed by atoms with Crippen LogP contribution in [0.5, 0.6) is 5.75 Å². The summed E-state index contributed by atoms with van der Waals surface area (Å²) in [5.41, 5.74) is 0.841. The number of likely N-dealkylation sites (tertiary alicyclic amines) is 1. The topological polar surface area (TPSA) is 59.1 Å². The summed E-state index contributed by atoms with van der Waals surface area (Å²) in [5.74, 6) is -0.0285. The van der Waals surface area contributed by atoms with Crippen LogP contribution in [-0.4, -0.2) is 68.1 Å². The standard InChI is InChI=1S/C27H33FN2O4/c1-29-16-18-33-17-5-4-11-27(20-34-24-10-3-2-9-23(24)26(29)32)12-14-30(15-13-27)25(31)21-7-6-8-22(28)19-21/h2-3,6-10,19H,4-5,11-18,20H2,1H3. The Morgan fingerprint density at radius 2 is 1.76 bits per heavy atom. The van der Waals surface area contributed by atoms with Crippen molar-refractivity contribution < 1.29 is 23.5 Å². The number of amides is 2. The highest BCUT2D eigenvalue weighted by molar-refractivity contribution is 5.96. The van der Waals surface area contributed by atoms with Crippen molar-refractivity contribution in [1.29, 1.82) is 0 Å². The normalized spacial score (nSPS) is 19.8. The second-order valence-electron chi connectivity index (χ2n) is 9.38. The van der Waals surface area contributed by atoms with Crippen LogP contribution in [-0.2, 0) is 4.74 Å². The molecule has 0 N–H and O–H groups in total. The zero-order valence-corrected chi connectivity index (χ0v) is 19.8. The second-order valence-corrected chi connectivity index (χ2v) is 9.38. The lowest BCUT2D eigenvalue weighted by molar-refractivity contribution is 0.0328. The van der Waals surface area contributed by atoms with Gasteiger partial charge in [0.1, 0.15) is 11.6 Å². The molecule has 1 saturated heterocycles. The van der Waals surface area contributed by atoms with Gasteiger partial charge in [0.2, 0.25) is 0 Å². The van der Waals surface area contributed by atoms with E-state index >= 15 is 0 Å². The third-order valence-corrected chi connectivity index (χ3v) is 7.00. The van der Waals surface area contributed by atoms with E-state index in [9.17, 15) is 14.0 Å². The number of likely N-dealkylation sites (N-methyl/N-ethyl adjacent to an activating group) is 1. The van der Waals surface area contributed by atoms with Gasteiger partial charge in [0.05, 0.1) is 18.8 Å². The Hall–Kier alpha value is -2.93. The minimum atomic E-state index is -0.403. The maximum absolute atomic E-state index is 13.6. The molecule has 0 atom stereocenters. The quantitative estimate of drug-likeness (QED) is 0.623. The zero-order valence-electron chi connectivity index (χ0n) is 19.8. The number of carbonyl (C=O) groups is 2. The van der Waals surface area contributed by atoms with Crippen molar-refractivity contribution in [2.45, 2.75) is 32.1 Å². The number of piperidine rings is 1. The highest BCUT2D eigenvalue weighted by Crippen LogP contribution is 2.38. The summed E-state index contributed by atoms with van der Waals surface area (Å²) in [4.78, 5) is 29.3. The fourth-order valence-corrected chi connectivity index (χ4v) is 4.77. The maximum atomic E-state index is 13.6. The van der Waals surface area contributed by atoms with Gasteiger partial charge in [-0.15, -0.1) is 0 Å². The van der Waals surface area contributed by atoms with Gasteiger partial charge in [-0.2, -0.15) is 0 Å². The number of nitrogens with zero attached hydrogens (tertiary/aromatic N) is 2. The number of hydrogen-bond donors (Lipinski definition) is 0. The fourth-order valence-electron chi connectivity index (χ4n) is 4.77. The molecule has 0 aromatic heterocycles. The van der Waals surface area contributed by atoms with Crippen LogP contribution in [0.3, 0.4) is 0 Å². The van der Waals surface area contributed by atoms with E-state index < -0.39 is 5.82 Å². The Morgan fingerprint density at radius 3 is 2.56 bits per heavy atom. The van der Waals surface area contributed by atoms with Crippen molar-refractivity contribution in [3.63, 3.8) is 0 Å². The molecule has 2 heterocycles. The lowest BCUT2D eigenvalue weighted by Crippen LogP contribution is -2.45. The second kappa shape index (κ2) is 11.0. The molecule has 2 aliphatic rings. The van der Waals surface area contributed by atoms with Crippen LogP contribution >= 0.6 is 0 Å². The van der Waals surface area contributed by atoms with Gasteiger partial charge in [0.25, 0.3) is 11.8 Å². The van der Waals surface area contributed by atoms with Crippen molar-refractivity contribution in [2.24, 2.45) is 5.41 Å². The van der Waals surface area contributed by atoms with E-state index in [-0.39, 0.29) is 17.2 Å². The van der Waals surface area contributed by atoms with E-state index in [1.54, 1.807) is 35.0 Å². The number of carbonyl (C=O) groups excluding carboxylic acids is 2. The van der Waals surface area contributed by atoms with Crippen LogP contribution < -0.4 is 4.74 Å². The molecule has 0 radical (unpaired) electrons. The van der Waals surface area contributed by atoms with Crippen molar-refractivity contribution in [1.82, 2.24) is 9.80 Å². The predicted octanol–water partition coefficient (Wildman–Crippen LogP) is 4.40. The van der Waals surface area contributed by atoms with Crippen LogP contribution in [0.25, 0.3) is 0 Å². The number of ether oxygens (including phenoxy) is 2. The molecule has 6 nitrogen and oxygen atoms in total. The molecule has 0 aliphatic carbocycles. The number of rotatable bonds is 1. The molecule has 2 aromatic carbocycles. The smallest absolute Gasteiger partial charge is 0.257 e. The molecular weight excluding hydrogens is 435 g/mol. The van der Waals surface area contributed by atoms with E-state index in [4.69, 9.17) is 9.47 Å². The van der Waals surface area contributed by atoms with Gasteiger partial charge in [-0.3, -0.25) is 9.59 Å². The molecular formula is C27H33FN2O4. The summed E-state index contributed by atoms with van der Waals surface area (Å²) in [6.07, 6.45) is 4.52. The van der Waals surface area contributed by atoms with Crippen molar-refractivity contribution in [2.75, 3.05) is 46.5 Å². The van der Waals surface area contributed by atoms with Gasteiger partial charge in [0, 0.05) is 44.3 Å². The lowest BCUT2D eigenvalue weighted by Gasteiger charge is -2.42. The Balaban J connectivity index is 1.49. The lowest BCUT2D eigenvalue weighted by atomic mass is 9.75. The first-order valence-electron chi connectivity index (χ1n) is 12.1. The van der Waals surface area contributed by atoms with Crippen LogP contribution in [0.15, 0.2) is 48.5 Å². The molecule has 2 aromatic rings. The third-order valence-electron chi connectivity index (χ3n) is 7.00. The van der Waals surface area contributed by atoms with Crippen molar-refractivity contribution in [3.8, 4) is 5.75 Å². The van der Waals surface area contributed by atoms with E-state index in [0.717, 1.165) is 32.1 Å². The van der Waals surface area contributed by atoms with E-state index in [1.807, 2.05) is 18.2 Å². The van der Waals surface area contributed by atoms with Crippen molar-refractivity contribution in [3.05, 3.63) is 65.5 Å². The average molecular weight is 469 g/mol. The summed E-state index contributed by atoms with van der Waals surface area (Å²) < 4.78 is 25.7. The molecule has 182 valence electrons. The Kier molecular flexibility index (Phi) is 7.83. The van der Waals surface area contributed by atoms with Crippen LogP contribution in [0.1, 0.15) is 52.8 Å². The van der Waals surface area contributed by atoms with E-state index in [1.165, 1.54) is 12.1 Å². The zero-order chi connectivity index (χ0) is 24.0. The summed E-state index contributed by atoms with van der Waals surface area (Å²) >= 11 is 0. The average Bonchev–Trinajstić information content (AvgIpc) is 2.86. The van der Waals surface area contributed by atoms with E-state index in [2.05, 4.69) is 0 Å². The van der Waals surface area contributed by atoms with Gasteiger partial charge in [-0.25, -0.2) is 4.39 Å². The monoisotopic (exact) mass is 468 g/mol. The summed E-state index contributed by atoms with van der Waals surface area (Å²) in [7, 11) is 1.78. The SMILES string of the molecule is CN1CCOCCCCC2(CCN(C(=O)c3cccc(F)c3)CC2)COc2ccccc2C1=O. The molecule has 7 heteroatoms. The number of fused-ring (bicyclic) bond motifs is 1. The molecule has 34 heavy (non-hydrogen) atoms. The molecule has 1 fully saturated rings. The van der Waals surface area contributed by atoms with Crippen molar-refractivity contribution >= 4 is 11.8 Å². The van der Waals surface area contributed by atoms with Gasteiger partial charge in [-0.05, 0) is 56.0 Å². The number of hydrogen-bond acceptors (Lipinski definition) is 4. The molecule has 0 saturated carbocycles. The van der Waals surface area contributed by atoms with Crippen LogP contribution in [0.4, 0.5) is 4.39 Å². The molecule has 2 aliphatic heterocycles. The van der Waals surface area contributed by atoms with Crippen LogP contribution in [0.2, 0.25) is 0 Å². The van der Waals surface area contributed by atoms with E-state index in [0.29, 0.717) is 56.3 Å². The van der Waals surface area contributed by atoms with Gasteiger partial charge >= 0.3 is 0 Å². The first-order valence-corrected chi connectivity index (χ1v) is 12.1. The van der Waals surface area contributed by atoms with Gasteiger partial charge < -0.3 is 19.3 Å². The first-order chi connectivity index (χ1) is 16.5. The molecule has 0 bridgehead atoms. The third kappa shape index (κ3) is 5.76. The summed E-state index contributed by atoms with van der Waals surface area (Å²) in [6.45, 7) is 3.39. The molecule has 1 spiro atoms. The Bertz CT molecular complexity index is 1000. The summed E-state index contributed by atoms with van der Waals surface area (Å²) in [5, 5.41) is 0. The summed E-state index contributed by atoms with van der Waals surface area (Å²) in [6, 6.07) is 13.2. The highest BCUT2D eigenvalue weighted by atomic mass is 19.1. The minimum absolute atomic E-state index is 0.0826. The Labute approximate surface area is 200 Å².